The van der Waals surface area contributed by atoms with E-state index in [4.69, 9.17) is 9.47 Å². The predicted molar refractivity (Wildman–Crippen MR) is 99.8 cm³/mol. The number of benzene rings is 2. The molecule has 1 heterocycles. The molecule has 0 N–H and O–H groups in total. The Kier molecular flexibility index (Phi) is 5.68. The van der Waals surface area contributed by atoms with Gasteiger partial charge in [0.25, 0.3) is 0 Å². The van der Waals surface area contributed by atoms with E-state index in [-0.39, 0.29) is 16.9 Å². The van der Waals surface area contributed by atoms with Crippen molar-refractivity contribution in [2.45, 2.75) is 31.1 Å². The Labute approximate surface area is 153 Å². The maximum absolute atomic E-state index is 11.7. The van der Waals surface area contributed by atoms with Crippen LogP contribution in [0.25, 0.3) is 0 Å². The van der Waals surface area contributed by atoms with Crippen LogP contribution in [0.4, 0.5) is 0 Å². The summed E-state index contributed by atoms with van der Waals surface area (Å²) in [5, 5.41) is 11.7. The quantitative estimate of drug-likeness (QED) is 0.443. The van der Waals surface area contributed by atoms with Gasteiger partial charge in [0.1, 0.15) is 5.75 Å². The van der Waals surface area contributed by atoms with Gasteiger partial charge in [-0.3, -0.25) is 10.1 Å². The molecule has 0 bridgehead atoms. The standard InChI is InChI=1S/C21H23NO4/c1-3-15-13-18(14-17-11-7-8-12-19(17)25-2)26-21(20(15)22(23)24)16-9-5-4-6-10-16/h3-12,15,18,20-21H,1,13-14H2,2H3/t15-,18-,20-,21-/m0/s1. The third-order valence-electron chi connectivity index (χ3n) is 4.94. The molecule has 0 aromatic heterocycles. The van der Waals surface area contributed by atoms with Gasteiger partial charge < -0.3 is 9.47 Å². The smallest absolute Gasteiger partial charge is 0.249 e. The molecule has 0 amide bonds. The Morgan fingerprint density at radius 3 is 2.58 bits per heavy atom. The van der Waals surface area contributed by atoms with Crippen LogP contribution in [0, 0.1) is 16.0 Å². The van der Waals surface area contributed by atoms with Crippen molar-refractivity contribution in [3.05, 3.63) is 88.5 Å². The lowest BCUT2D eigenvalue weighted by atomic mass is 9.83. The molecule has 0 unspecified atom stereocenters. The highest BCUT2D eigenvalue weighted by Crippen LogP contribution is 2.39. The fourth-order valence-corrected chi connectivity index (χ4v) is 3.68. The Morgan fingerprint density at radius 1 is 1.23 bits per heavy atom. The number of hydrogen-bond acceptors (Lipinski definition) is 4. The molecule has 1 aliphatic heterocycles. The summed E-state index contributed by atoms with van der Waals surface area (Å²) in [6.45, 7) is 3.84. The first-order valence-corrected chi connectivity index (χ1v) is 8.72. The summed E-state index contributed by atoms with van der Waals surface area (Å²) in [6, 6.07) is 16.4. The summed E-state index contributed by atoms with van der Waals surface area (Å²) in [4.78, 5) is 11.5. The second-order valence-corrected chi connectivity index (χ2v) is 6.52. The summed E-state index contributed by atoms with van der Waals surface area (Å²) in [6.07, 6.45) is 2.16. The van der Waals surface area contributed by atoms with Gasteiger partial charge in [-0.1, -0.05) is 54.6 Å². The van der Waals surface area contributed by atoms with Crippen molar-refractivity contribution in [1.82, 2.24) is 0 Å². The normalized spacial score (nSPS) is 25.4. The van der Waals surface area contributed by atoms with Crippen molar-refractivity contribution < 1.29 is 14.4 Å². The topological polar surface area (TPSA) is 61.6 Å². The number of para-hydroxylation sites is 1. The lowest BCUT2D eigenvalue weighted by molar-refractivity contribution is -0.551. The van der Waals surface area contributed by atoms with Gasteiger partial charge in [0.2, 0.25) is 6.04 Å². The van der Waals surface area contributed by atoms with Crippen LogP contribution in [-0.4, -0.2) is 24.2 Å². The number of hydrogen-bond donors (Lipinski definition) is 0. The van der Waals surface area contributed by atoms with E-state index in [1.807, 2.05) is 54.6 Å². The predicted octanol–water partition coefficient (Wildman–Crippen LogP) is 4.22. The number of rotatable bonds is 6. The number of nitrogens with zero attached hydrogens (tertiary/aromatic N) is 1. The van der Waals surface area contributed by atoms with E-state index in [1.54, 1.807) is 13.2 Å². The van der Waals surface area contributed by atoms with E-state index in [2.05, 4.69) is 6.58 Å². The lowest BCUT2D eigenvalue weighted by Gasteiger charge is -2.36. The molecule has 0 aliphatic carbocycles. The molecule has 1 aliphatic rings. The van der Waals surface area contributed by atoms with Gasteiger partial charge >= 0.3 is 0 Å². The van der Waals surface area contributed by atoms with Gasteiger partial charge in [-0.15, -0.1) is 6.58 Å². The second kappa shape index (κ2) is 8.15. The SMILES string of the molecule is C=C[C@H]1C[C@@H](Cc2ccccc2OC)O[C@@H](c2ccccc2)[C@H]1[N+](=O)[O-]. The summed E-state index contributed by atoms with van der Waals surface area (Å²) < 4.78 is 11.7. The van der Waals surface area contributed by atoms with Gasteiger partial charge in [0, 0.05) is 17.3 Å². The third kappa shape index (κ3) is 3.78. The largest absolute Gasteiger partial charge is 0.496 e. The van der Waals surface area contributed by atoms with Crippen LogP contribution in [0.2, 0.25) is 0 Å². The average molecular weight is 353 g/mol. The summed E-state index contributed by atoms with van der Waals surface area (Å²) in [7, 11) is 1.64. The molecule has 26 heavy (non-hydrogen) atoms. The molecule has 4 atom stereocenters. The van der Waals surface area contributed by atoms with Crippen LogP contribution in [0.5, 0.6) is 5.75 Å². The van der Waals surface area contributed by atoms with Crippen molar-refractivity contribution >= 4 is 0 Å². The fourth-order valence-electron chi connectivity index (χ4n) is 3.68. The molecule has 2 aromatic carbocycles. The second-order valence-electron chi connectivity index (χ2n) is 6.52. The van der Waals surface area contributed by atoms with Crippen LogP contribution in [0.15, 0.2) is 67.3 Å². The minimum atomic E-state index is -0.830. The molecular formula is C21H23NO4. The zero-order chi connectivity index (χ0) is 18.5. The zero-order valence-electron chi connectivity index (χ0n) is 14.8. The average Bonchev–Trinajstić information content (AvgIpc) is 2.68. The maximum atomic E-state index is 11.7. The first-order chi connectivity index (χ1) is 12.6. The van der Waals surface area contributed by atoms with Gasteiger partial charge in [-0.05, 0) is 23.6 Å². The summed E-state index contributed by atoms with van der Waals surface area (Å²) in [5.41, 5.74) is 1.86. The third-order valence-corrected chi connectivity index (χ3v) is 4.94. The fraction of sp³-hybridized carbons (Fsp3) is 0.333. The Morgan fingerprint density at radius 2 is 1.92 bits per heavy atom. The molecule has 136 valence electrons. The van der Waals surface area contributed by atoms with E-state index >= 15 is 0 Å². The van der Waals surface area contributed by atoms with E-state index < -0.39 is 12.1 Å². The molecule has 5 nitrogen and oxygen atoms in total. The molecule has 0 saturated carbocycles. The van der Waals surface area contributed by atoms with Crippen LogP contribution in [-0.2, 0) is 11.2 Å². The molecule has 1 fully saturated rings. The minimum absolute atomic E-state index is 0.143. The van der Waals surface area contributed by atoms with E-state index in [1.165, 1.54) is 0 Å². The molecule has 5 heteroatoms. The first kappa shape index (κ1) is 18.1. The van der Waals surface area contributed by atoms with Crippen LogP contribution in [0.3, 0.4) is 0 Å². The summed E-state index contributed by atoms with van der Waals surface area (Å²) >= 11 is 0. The van der Waals surface area contributed by atoms with Crippen molar-refractivity contribution in [2.24, 2.45) is 5.92 Å². The summed E-state index contributed by atoms with van der Waals surface area (Å²) in [5.74, 6) is 0.558. The van der Waals surface area contributed by atoms with Crippen LogP contribution >= 0.6 is 0 Å². The Bertz CT molecular complexity index is 762. The monoisotopic (exact) mass is 353 g/mol. The van der Waals surface area contributed by atoms with Crippen LogP contribution < -0.4 is 4.74 Å². The van der Waals surface area contributed by atoms with Crippen molar-refractivity contribution in [2.75, 3.05) is 7.11 Å². The molecule has 2 aromatic rings. The number of ether oxygens (including phenoxy) is 2. The molecule has 1 saturated heterocycles. The highest BCUT2D eigenvalue weighted by molar-refractivity contribution is 5.34. The van der Waals surface area contributed by atoms with Crippen molar-refractivity contribution in [1.29, 1.82) is 0 Å². The van der Waals surface area contributed by atoms with Crippen molar-refractivity contribution in [3.63, 3.8) is 0 Å². The highest BCUT2D eigenvalue weighted by atomic mass is 16.6. The van der Waals surface area contributed by atoms with Gasteiger partial charge in [-0.2, -0.15) is 0 Å². The van der Waals surface area contributed by atoms with Crippen molar-refractivity contribution in [3.8, 4) is 5.75 Å². The highest BCUT2D eigenvalue weighted by Gasteiger charge is 2.45. The number of methoxy groups -OCH3 is 1. The lowest BCUT2D eigenvalue weighted by Crippen LogP contribution is -2.44. The maximum Gasteiger partial charge on any atom is 0.249 e. The zero-order valence-corrected chi connectivity index (χ0v) is 14.8. The Balaban J connectivity index is 1.89. The first-order valence-electron chi connectivity index (χ1n) is 8.72. The van der Waals surface area contributed by atoms with Gasteiger partial charge in [0.05, 0.1) is 13.2 Å². The molecule has 0 spiro atoms. The van der Waals surface area contributed by atoms with E-state index in [9.17, 15) is 10.1 Å². The molecule has 0 radical (unpaired) electrons. The van der Waals surface area contributed by atoms with E-state index in [0.29, 0.717) is 12.8 Å². The molecular weight excluding hydrogens is 330 g/mol. The molecule has 3 rings (SSSR count). The van der Waals surface area contributed by atoms with E-state index in [0.717, 1.165) is 16.9 Å². The van der Waals surface area contributed by atoms with Crippen LogP contribution in [0.1, 0.15) is 23.7 Å². The number of nitro groups is 1. The van der Waals surface area contributed by atoms with Gasteiger partial charge in [-0.25, -0.2) is 0 Å². The minimum Gasteiger partial charge on any atom is -0.496 e. The van der Waals surface area contributed by atoms with Gasteiger partial charge in [0.15, 0.2) is 6.10 Å². The Hall–Kier alpha value is -2.66.